The number of rotatable bonds is 13. The van der Waals surface area contributed by atoms with Crippen LogP contribution in [0.15, 0.2) is 66.7 Å². The van der Waals surface area contributed by atoms with Crippen molar-refractivity contribution >= 4 is 0 Å². The van der Waals surface area contributed by atoms with Gasteiger partial charge in [-0.1, -0.05) is 23.8 Å². The second-order valence-corrected chi connectivity index (χ2v) is 11.6. The lowest BCUT2D eigenvalue weighted by molar-refractivity contribution is 0.318. The Kier molecular flexibility index (Phi) is 10.6. The Balaban J connectivity index is 2.23. The third kappa shape index (κ3) is 5.66. The first-order valence-electron chi connectivity index (χ1n) is 15.9. The maximum absolute atomic E-state index is 11.1. The number of aryl methyl sites for hydroxylation is 1. The van der Waals surface area contributed by atoms with Gasteiger partial charge in [0.25, 0.3) is 0 Å². The van der Waals surface area contributed by atoms with Crippen molar-refractivity contribution in [1.82, 2.24) is 0 Å². The molecule has 0 saturated heterocycles. The molecule has 0 aliphatic carbocycles. The highest BCUT2D eigenvalue weighted by molar-refractivity contribution is 5.85. The molecular formula is C40H42O12. The number of benzene rings is 5. The normalized spacial score (nSPS) is 11.1. The van der Waals surface area contributed by atoms with Crippen LogP contribution in [0.1, 0.15) is 27.8 Å². The first kappa shape index (κ1) is 37.0. The number of hydrogen-bond acceptors (Lipinski definition) is 12. The van der Waals surface area contributed by atoms with E-state index >= 15 is 0 Å². The largest absolute Gasteiger partial charge is 0.504 e. The predicted molar refractivity (Wildman–Crippen MR) is 194 cm³/mol. The lowest BCUT2D eigenvalue weighted by atomic mass is 9.62. The SMILES string of the molecule is COc1c(O)ccc(-c2cc(C)ccc2C(c2ccc(O)c(OC)c2OC)(c2ccc(O)c(OC)c2OC)c2ccc(O)c(OC)c2OC)c1OC. The van der Waals surface area contributed by atoms with Gasteiger partial charge in [-0.3, -0.25) is 0 Å². The van der Waals surface area contributed by atoms with Gasteiger partial charge in [0.2, 0.25) is 23.0 Å². The molecule has 12 heteroatoms. The van der Waals surface area contributed by atoms with Crippen molar-refractivity contribution in [3.63, 3.8) is 0 Å². The molecule has 0 unspecified atom stereocenters. The molecule has 12 nitrogen and oxygen atoms in total. The van der Waals surface area contributed by atoms with Crippen molar-refractivity contribution in [3.8, 4) is 80.1 Å². The summed E-state index contributed by atoms with van der Waals surface area (Å²) in [5.41, 5.74) is 2.08. The van der Waals surface area contributed by atoms with Gasteiger partial charge < -0.3 is 58.3 Å². The van der Waals surface area contributed by atoms with E-state index in [0.717, 1.165) is 5.56 Å². The molecule has 0 amide bonds. The van der Waals surface area contributed by atoms with Crippen molar-refractivity contribution in [2.45, 2.75) is 12.3 Å². The Morgan fingerprint density at radius 3 is 1.00 bits per heavy atom. The Labute approximate surface area is 301 Å². The molecule has 0 radical (unpaired) electrons. The van der Waals surface area contributed by atoms with Gasteiger partial charge in [0.05, 0.1) is 62.3 Å². The van der Waals surface area contributed by atoms with E-state index in [1.807, 2.05) is 25.1 Å². The molecule has 5 aromatic rings. The minimum absolute atomic E-state index is 0.0244. The summed E-state index contributed by atoms with van der Waals surface area (Å²) in [6.45, 7) is 1.93. The molecule has 5 rings (SSSR count). The highest BCUT2D eigenvalue weighted by Crippen LogP contribution is 2.62. The summed E-state index contributed by atoms with van der Waals surface area (Å²) in [6.07, 6.45) is 0. The molecule has 274 valence electrons. The number of phenols is 4. The van der Waals surface area contributed by atoms with Gasteiger partial charge >= 0.3 is 0 Å². The van der Waals surface area contributed by atoms with Crippen LogP contribution in [-0.4, -0.2) is 77.3 Å². The molecule has 0 aromatic heterocycles. The summed E-state index contributed by atoms with van der Waals surface area (Å²) in [4.78, 5) is 0. The van der Waals surface area contributed by atoms with Crippen molar-refractivity contribution < 1.29 is 58.3 Å². The number of ether oxygens (including phenoxy) is 8. The zero-order valence-electron chi connectivity index (χ0n) is 30.4. The molecule has 4 N–H and O–H groups in total. The van der Waals surface area contributed by atoms with Crippen LogP contribution in [-0.2, 0) is 5.41 Å². The fourth-order valence-electron chi connectivity index (χ4n) is 6.99. The number of methoxy groups -OCH3 is 8. The lowest BCUT2D eigenvalue weighted by Crippen LogP contribution is -2.34. The van der Waals surface area contributed by atoms with Gasteiger partial charge in [-0.15, -0.1) is 0 Å². The number of hydrogen-bond donors (Lipinski definition) is 4. The quantitative estimate of drug-likeness (QED) is 0.0935. The molecule has 0 spiro atoms. The van der Waals surface area contributed by atoms with Crippen LogP contribution < -0.4 is 37.9 Å². The van der Waals surface area contributed by atoms with Crippen LogP contribution in [0.3, 0.4) is 0 Å². The standard InChI is InChI=1S/C40H42O12/c1-21-10-12-24(23(20-21)22-11-16-28(41)36(49-6)32(22)45-2)40(25-13-17-29(42)37(50-7)33(25)46-3,26-14-18-30(43)38(51-8)34(26)47-4)27-15-19-31(44)39(52-9)35(27)48-5/h10-20,41-44H,1-9H3. The van der Waals surface area contributed by atoms with E-state index in [9.17, 15) is 20.4 Å². The molecule has 0 heterocycles. The van der Waals surface area contributed by atoms with Gasteiger partial charge in [-0.05, 0) is 66.6 Å². The number of phenolic OH excluding ortho intramolecular Hbond substituents is 4. The van der Waals surface area contributed by atoms with Gasteiger partial charge in [0, 0.05) is 22.3 Å². The summed E-state index contributed by atoms with van der Waals surface area (Å²) in [6, 6.07) is 18.4. The third-order valence-electron chi connectivity index (χ3n) is 9.08. The highest BCUT2D eigenvalue weighted by Gasteiger charge is 2.49. The van der Waals surface area contributed by atoms with Gasteiger partial charge in [0.15, 0.2) is 46.0 Å². The highest BCUT2D eigenvalue weighted by atomic mass is 16.5. The molecule has 0 aliphatic heterocycles. The molecule has 0 saturated carbocycles. The maximum Gasteiger partial charge on any atom is 0.203 e. The van der Waals surface area contributed by atoms with E-state index < -0.39 is 5.41 Å². The van der Waals surface area contributed by atoms with Crippen LogP contribution in [0.2, 0.25) is 0 Å². The summed E-state index contributed by atoms with van der Waals surface area (Å²) >= 11 is 0. The molecular weight excluding hydrogens is 672 g/mol. The maximum atomic E-state index is 11.1. The Morgan fingerprint density at radius 1 is 0.346 bits per heavy atom. The topological polar surface area (TPSA) is 155 Å². The van der Waals surface area contributed by atoms with E-state index in [2.05, 4.69) is 0 Å². The zero-order valence-corrected chi connectivity index (χ0v) is 30.4. The van der Waals surface area contributed by atoms with E-state index in [-0.39, 0.29) is 69.0 Å². The van der Waals surface area contributed by atoms with Crippen molar-refractivity contribution in [2.24, 2.45) is 0 Å². The second-order valence-electron chi connectivity index (χ2n) is 11.6. The third-order valence-corrected chi connectivity index (χ3v) is 9.08. The summed E-state index contributed by atoms with van der Waals surface area (Å²) in [7, 11) is 11.4. The zero-order chi connectivity index (χ0) is 37.9. The van der Waals surface area contributed by atoms with E-state index in [0.29, 0.717) is 33.4 Å². The van der Waals surface area contributed by atoms with Crippen LogP contribution in [0.25, 0.3) is 11.1 Å². The molecule has 0 fully saturated rings. The van der Waals surface area contributed by atoms with Crippen molar-refractivity contribution in [3.05, 3.63) is 94.5 Å². The molecule has 0 aliphatic rings. The first-order valence-corrected chi connectivity index (χ1v) is 15.9. The lowest BCUT2D eigenvalue weighted by Gasteiger charge is -2.41. The smallest absolute Gasteiger partial charge is 0.203 e. The summed E-state index contributed by atoms with van der Waals surface area (Å²) in [5, 5.41) is 44.0. The van der Waals surface area contributed by atoms with Crippen molar-refractivity contribution in [2.75, 3.05) is 56.9 Å². The van der Waals surface area contributed by atoms with E-state index in [1.54, 1.807) is 24.3 Å². The second kappa shape index (κ2) is 14.9. The van der Waals surface area contributed by atoms with E-state index in [1.165, 1.54) is 81.1 Å². The van der Waals surface area contributed by atoms with Crippen LogP contribution in [0.5, 0.6) is 69.0 Å². The monoisotopic (exact) mass is 714 g/mol. The fraction of sp³-hybridized carbons (Fsp3) is 0.250. The predicted octanol–water partition coefficient (Wildman–Crippen LogP) is 6.94. The van der Waals surface area contributed by atoms with Crippen LogP contribution in [0, 0.1) is 6.92 Å². The number of aromatic hydroxyl groups is 4. The average Bonchev–Trinajstić information content (AvgIpc) is 3.15. The molecule has 0 atom stereocenters. The van der Waals surface area contributed by atoms with Crippen LogP contribution >= 0.6 is 0 Å². The van der Waals surface area contributed by atoms with Crippen LogP contribution in [0.4, 0.5) is 0 Å². The first-order chi connectivity index (χ1) is 25.0. The minimum Gasteiger partial charge on any atom is -0.504 e. The average molecular weight is 715 g/mol. The molecule has 5 aromatic carbocycles. The van der Waals surface area contributed by atoms with E-state index in [4.69, 9.17) is 37.9 Å². The Bertz CT molecular complexity index is 1960. The molecule has 52 heavy (non-hydrogen) atoms. The Morgan fingerprint density at radius 2 is 0.654 bits per heavy atom. The summed E-state index contributed by atoms with van der Waals surface area (Å²) in [5.74, 6) is 0.0863. The molecule has 0 bridgehead atoms. The summed E-state index contributed by atoms with van der Waals surface area (Å²) < 4.78 is 47.0. The fourth-order valence-corrected chi connectivity index (χ4v) is 6.99. The minimum atomic E-state index is -1.65. The Hall–Kier alpha value is -6.30. The van der Waals surface area contributed by atoms with Crippen molar-refractivity contribution in [1.29, 1.82) is 0 Å². The van der Waals surface area contributed by atoms with Gasteiger partial charge in [0.1, 0.15) is 0 Å². The van der Waals surface area contributed by atoms with Gasteiger partial charge in [-0.2, -0.15) is 0 Å². The van der Waals surface area contributed by atoms with Gasteiger partial charge in [-0.25, -0.2) is 0 Å².